The molecule has 0 amide bonds. The monoisotopic (exact) mass is 314 g/mol. The molecule has 14 heteroatoms. The van der Waals surface area contributed by atoms with Crippen LogP contribution in [0.15, 0.2) is 0 Å². The van der Waals surface area contributed by atoms with Crippen molar-refractivity contribution in [1.29, 1.82) is 0 Å². The van der Waals surface area contributed by atoms with Crippen molar-refractivity contribution in [3.63, 3.8) is 0 Å². The van der Waals surface area contributed by atoms with Crippen molar-refractivity contribution in [3.05, 3.63) is 0 Å². The van der Waals surface area contributed by atoms with Gasteiger partial charge in [-0.3, -0.25) is 9.11 Å². The topological polar surface area (TPSA) is 110 Å². The van der Waals surface area contributed by atoms with Crippen molar-refractivity contribution in [3.8, 4) is 0 Å². The standard InChI is InChI=1S/4Mg.H2O7S3.8H/c;;;;1-8(2)6-10(5)7-9(3)4;;;;;;;;/h;;;;(H,1,2)(H,3,4);;;;;;;;. The second-order valence-electron chi connectivity index (χ2n) is 0.774. The zero-order valence-corrected chi connectivity index (χ0v) is 6.61. The molecule has 0 fully saturated rings. The lowest BCUT2D eigenvalue weighted by Crippen LogP contribution is -2.05. The molecule has 0 bridgehead atoms. The molecule has 2 unspecified atom stereocenters. The average Bonchev–Trinajstić information content (AvgIpc) is 1.58. The number of hydrogen-bond acceptors (Lipinski definition) is 5. The summed E-state index contributed by atoms with van der Waals surface area (Å²) >= 11 is -8.25. The molecule has 0 aromatic carbocycles. The van der Waals surface area contributed by atoms with E-state index in [0.717, 1.165) is 0 Å². The van der Waals surface area contributed by atoms with Gasteiger partial charge < -0.3 is 0 Å². The first-order valence-corrected chi connectivity index (χ1v) is 4.60. The van der Waals surface area contributed by atoms with Gasteiger partial charge in [0.15, 0.2) is 0 Å². The highest BCUT2D eigenvalue weighted by molar-refractivity contribution is 7.93. The fourth-order valence-electron chi connectivity index (χ4n) is 0.106. The van der Waals surface area contributed by atoms with E-state index in [9.17, 15) is 12.6 Å². The molecular weight excluding hydrogens is 305 g/mol. The van der Waals surface area contributed by atoms with Crippen LogP contribution in [0.4, 0.5) is 0 Å². The first kappa shape index (κ1) is 30.4. The molecule has 0 heterocycles. The summed E-state index contributed by atoms with van der Waals surface area (Å²) in [5.74, 6) is 0. The summed E-state index contributed by atoms with van der Waals surface area (Å²) < 4.78 is 51.9. The zero-order valence-electron chi connectivity index (χ0n) is 4.16. The highest BCUT2D eigenvalue weighted by Gasteiger charge is 2.08. The van der Waals surface area contributed by atoms with E-state index in [1.54, 1.807) is 0 Å². The van der Waals surface area contributed by atoms with E-state index in [-0.39, 0.29) is 92.2 Å². The van der Waals surface area contributed by atoms with Crippen molar-refractivity contribution < 1.29 is 29.0 Å². The SMILES string of the molecule is O=S(O)OS(=O)OS(=O)O.[MgH2].[MgH2].[MgH2].[MgH2]. The molecule has 2 N–H and O–H groups in total. The Morgan fingerprint density at radius 1 is 0.714 bits per heavy atom. The third kappa shape index (κ3) is 24.5. The minimum absolute atomic E-state index is 0. The van der Waals surface area contributed by atoms with Crippen LogP contribution < -0.4 is 0 Å². The maximum atomic E-state index is 10.0. The molecule has 0 aromatic heterocycles. The van der Waals surface area contributed by atoms with Crippen LogP contribution in [0.1, 0.15) is 0 Å². The molecule has 14 heavy (non-hydrogen) atoms. The maximum absolute atomic E-state index is 10.0. The van der Waals surface area contributed by atoms with Crippen LogP contribution in [-0.4, -0.2) is 114 Å². The summed E-state index contributed by atoms with van der Waals surface area (Å²) in [7, 11) is 0. The molecule has 0 aromatic rings. The summed E-state index contributed by atoms with van der Waals surface area (Å²) in [6, 6.07) is 0. The van der Waals surface area contributed by atoms with Crippen LogP contribution in [0.25, 0.3) is 0 Å². The Morgan fingerprint density at radius 2 is 0.929 bits per heavy atom. The lowest BCUT2D eigenvalue weighted by atomic mass is 15.8. The Labute approximate surface area is 153 Å². The van der Waals surface area contributed by atoms with E-state index in [1.807, 2.05) is 0 Å². The summed E-state index contributed by atoms with van der Waals surface area (Å²) in [6.07, 6.45) is 0. The predicted molar refractivity (Wildman–Crippen MR) is 66.0 cm³/mol. The van der Waals surface area contributed by atoms with Crippen LogP contribution in [0.3, 0.4) is 0 Å². The van der Waals surface area contributed by atoms with Gasteiger partial charge in [-0.15, -0.1) is 7.26 Å². The van der Waals surface area contributed by atoms with Crippen LogP contribution in [0.5, 0.6) is 0 Å². The van der Waals surface area contributed by atoms with E-state index < -0.39 is 34.1 Å². The number of hydrogen-bond donors (Lipinski definition) is 2. The molecule has 0 rings (SSSR count). The van der Waals surface area contributed by atoms with Gasteiger partial charge in [0.2, 0.25) is 0 Å². The van der Waals surface area contributed by atoms with Crippen LogP contribution >= 0.6 is 0 Å². The second kappa shape index (κ2) is 18.7. The molecular formula is H10Mg4O7S3. The molecule has 7 nitrogen and oxygen atoms in total. The van der Waals surface area contributed by atoms with E-state index in [1.165, 1.54) is 0 Å². The minimum atomic E-state index is -2.78. The van der Waals surface area contributed by atoms with E-state index in [2.05, 4.69) is 7.26 Å². The Morgan fingerprint density at radius 3 is 1.07 bits per heavy atom. The largest absolute Gasteiger partial charge is 0.336 e. The molecule has 2 atom stereocenters. The van der Waals surface area contributed by atoms with E-state index >= 15 is 0 Å². The van der Waals surface area contributed by atoms with Crippen LogP contribution in [0.2, 0.25) is 0 Å². The first-order valence-electron chi connectivity index (χ1n) is 1.53. The third-order valence-electron chi connectivity index (χ3n) is 0.228. The quantitative estimate of drug-likeness (QED) is 0.396. The van der Waals surface area contributed by atoms with Gasteiger partial charge in [0, 0.05) is 0 Å². The predicted octanol–water partition coefficient (Wildman–Crippen LogP) is -4.79. The Balaban J connectivity index is -0.0000000675. The third-order valence-corrected chi connectivity index (χ3v) is 2.05. The molecule has 78 valence electrons. The van der Waals surface area contributed by atoms with Crippen molar-refractivity contribution in [2.45, 2.75) is 0 Å². The molecule has 0 aliphatic carbocycles. The lowest BCUT2D eigenvalue weighted by Gasteiger charge is -1.91. The van der Waals surface area contributed by atoms with Gasteiger partial charge in [0.05, 0.1) is 0 Å². The Bertz CT molecular complexity index is 164. The van der Waals surface area contributed by atoms with Crippen molar-refractivity contribution >= 4 is 126 Å². The van der Waals surface area contributed by atoms with E-state index in [4.69, 9.17) is 9.11 Å². The summed E-state index contributed by atoms with van der Waals surface area (Å²) in [6.45, 7) is 0. The van der Waals surface area contributed by atoms with Crippen molar-refractivity contribution in [2.24, 2.45) is 0 Å². The molecule has 0 aliphatic rings. The number of rotatable bonds is 4. The van der Waals surface area contributed by atoms with Gasteiger partial charge in [-0.2, -0.15) is 12.6 Å². The zero-order chi connectivity index (χ0) is 8.15. The fraction of sp³-hybridized carbons (Fsp3) is 0. The van der Waals surface area contributed by atoms with Crippen LogP contribution in [-0.2, 0) is 41.3 Å². The fourth-order valence-corrected chi connectivity index (χ4v) is 1.16. The summed E-state index contributed by atoms with van der Waals surface area (Å²) in [5.41, 5.74) is 0. The molecule has 0 saturated heterocycles. The normalized spacial score (nSPS) is 14.1. The first-order chi connectivity index (χ1) is 4.52. The smallest absolute Gasteiger partial charge is 0.283 e. The minimum Gasteiger partial charge on any atom is -0.283 e. The van der Waals surface area contributed by atoms with Gasteiger partial charge in [0.25, 0.3) is 0 Å². The molecule has 0 saturated carbocycles. The van der Waals surface area contributed by atoms with Crippen molar-refractivity contribution in [1.82, 2.24) is 0 Å². The molecule has 0 spiro atoms. The lowest BCUT2D eigenvalue weighted by molar-refractivity contribution is 0.415. The van der Waals surface area contributed by atoms with Crippen molar-refractivity contribution in [2.75, 3.05) is 0 Å². The van der Waals surface area contributed by atoms with Gasteiger partial charge >= 0.3 is 126 Å². The van der Waals surface area contributed by atoms with Gasteiger partial charge in [-0.1, -0.05) is 0 Å². The highest BCUT2D eigenvalue weighted by Crippen LogP contribution is 1.92. The molecule has 0 aliphatic heterocycles. The second-order valence-corrected chi connectivity index (χ2v) is 3.14. The molecule has 0 radical (unpaired) electrons. The summed E-state index contributed by atoms with van der Waals surface area (Å²) in [5, 5.41) is 0. The summed E-state index contributed by atoms with van der Waals surface area (Å²) in [4.78, 5) is 0. The maximum Gasteiger partial charge on any atom is 0.336 e. The van der Waals surface area contributed by atoms with Gasteiger partial charge in [-0.25, -0.2) is 0 Å². The van der Waals surface area contributed by atoms with Gasteiger partial charge in [0.1, 0.15) is 0 Å². The van der Waals surface area contributed by atoms with Crippen LogP contribution in [0, 0.1) is 0 Å². The average molecular weight is 315 g/mol. The van der Waals surface area contributed by atoms with E-state index in [0.29, 0.717) is 0 Å². The Hall–Kier alpha value is 3.35. The highest BCUT2D eigenvalue weighted by atomic mass is 32.3. The van der Waals surface area contributed by atoms with Gasteiger partial charge in [-0.05, 0) is 0 Å². The Kier molecular flexibility index (Phi) is 40.6.